The highest BCUT2D eigenvalue weighted by atomic mass is 32.2. The zero-order valence-corrected chi connectivity index (χ0v) is 12.7. The average molecular weight is 296 g/mol. The normalized spacial score (nSPS) is 14.8. The quantitative estimate of drug-likeness (QED) is 0.925. The largest absolute Gasteiger partial charge is 0.312 e. The van der Waals surface area contributed by atoms with Crippen molar-refractivity contribution in [2.45, 2.75) is 33.1 Å². The van der Waals surface area contributed by atoms with Crippen molar-refractivity contribution in [2.75, 3.05) is 21.9 Å². The second-order valence-corrected chi connectivity index (χ2v) is 6.88. The van der Waals surface area contributed by atoms with Gasteiger partial charge in [0, 0.05) is 19.2 Å². The molecular weight excluding hydrogens is 276 g/mol. The van der Waals surface area contributed by atoms with E-state index in [9.17, 15) is 13.2 Å². The van der Waals surface area contributed by atoms with E-state index < -0.39 is 10.0 Å². The van der Waals surface area contributed by atoms with E-state index in [1.807, 2.05) is 13.0 Å². The molecule has 1 aliphatic rings. The molecule has 110 valence electrons. The summed E-state index contributed by atoms with van der Waals surface area (Å²) in [4.78, 5) is 13.4. The van der Waals surface area contributed by atoms with E-state index in [1.54, 1.807) is 17.0 Å². The third kappa shape index (κ3) is 3.30. The van der Waals surface area contributed by atoms with E-state index in [1.165, 1.54) is 6.92 Å². The number of sulfonamides is 1. The minimum Gasteiger partial charge on any atom is -0.312 e. The predicted molar refractivity (Wildman–Crippen MR) is 80.5 cm³/mol. The Hall–Kier alpha value is -1.56. The van der Waals surface area contributed by atoms with Crippen LogP contribution in [0.15, 0.2) is 18.2 Å². The first-order valence-corrected chi connectivity index (χ1v) is 8.49. The summed E-state index contributed by atoms with van der Waals surface area (Å²) < 4.78 is 26.1. The van der Waals surface area contributed by atoms with Gasteiger partial charge >= 0.3 is 0 Å². The van der Waals surface area contributed by atoms with Crippen LogP contribution >= 0.6 is 0 Å². The monoisotopic (exact) mass is 296 g/mol. The van der Waals surface area contributed by atoms with Gasteiger partial charge in [-0.3, -0.25) is 9.52 Å². The Morgan fingerprint density at radius 3 is 2.80 bits per heavy atom. The average Bonchev–Trinajstić information content (AvgIpc) is 2.37. The highest BCUT2D eigenvalue weighted by molar-refractivity contribution is 7.92. The molecule has 1 amide bonds. The van der Waals surface area contributed by atoms with Gasteiger partial charge in [-0.2, -0.15) is 0 Å². The van der Waals surface area contributed by atoms with Gasteiger partial charge < -0.3 is 4.90 Å². The third-order valence-electron chi connectivity index (χ3n) is 3.33. The topological polar surface area (TPSA) is 66.5 Å². The van der Waals surface area contributed by atoms with Crippen molar-refractivity contribution >= 4 is 27.3 Å². The van der Waals surface area contributed by atoms with Crippen LogP contribution in [0.25, 0.3) is 0 Å². The van der Waals surface area contributed by atoms with Gasteiger partial charge in [-0.1, -0.05) is 13.0 Å². The van der Waals surface area contributed by atoms with Gasteiger partial charge in [0.15, 0.2) is 0 Å². The molecule has 1 N–H and O–H groups in total. The van der Waals surface area contributed by atoms with Crippen molar-refractivity contribution in [3.8, 4) is 0 Å². The van der Waals surface area contributed by atoms with Crippen molar-refractivity contribution in [1.82, 2.24) is 0 Å². The van der Waals surface area contributed by atoms with Crippen LogP contribution in [0.4, 0.5) is 11.4 Å². The summed E-state index contributed by atoms with van der Waals surface area (Å²) in [5.74, 6) is 0.0834. The van der Waals surface area contributed by atoms with E-state index in [-0.39, 0.29) is 11.7 Å². The van der Waals surface area contributed by atoms with E-state index >= 15 is 0 Å². The summed E-state index contributed by atoms with van der Waals surface area (Å²) in [7, 11) is -3.30. The zero-order valence-electron chi connectivity index (χ0n) is 11.8. The van der Waals surface area contributed by atoms with Gasteiger partial charge in [-0.05, 0) is 37.0 Å². The number of carbonyl (C=O) groups is 1. The SMILES string of the molecule is CCCS(=O)(=O)Nc1ccc2c(c1)N(C(C)=O)CCC2. The Labute approximate surface area is 120 Å². The Morgan fingerprint density at radius 2 is 2.15 bits per heavy atom. The van der Waals surface area contributed by atoms with Crippen molar-refractivity contribution in [1.29, 1.82) is 0 Å². The number of amides is 1. The van der Waals surface area contributed by atoms with Crippen molar-refractivity contribution in [3.05, 3.63) is 23.8 Å². The minimum absolute atomic E-state index is 0.0143. The van der Waals surface area contributed by atoms with E-state index in [0.29, 0.717) is 18.7 Å². The Morgan fingerprint density at radius 1 is 1.40 bits per heavy atom. The summed E-state index contributed by atoms with van der Waals surface area (Å²) in [5, 5.41) is 0. The van der Waals surface area contributed by atoms with Crippen molar-refractivity contribution in [3.63, 3.8) is 0 Å². The first kappa shape index (κ1) is 14.8. The molecule has 20 heavy (non-hydrogen) atoms. The molecule has 1 aromatic carbocycles. The van der Waals surface area contributed by atoms with Crippen LogP contribution in [0.5, 0.6) is 0 Å². The lowest BCUT2D eigenvalue weighted by Crippen LogP contribution is -2.33. The highest BCUT2D eigenvalue weighted by Gasteiger charge is 2.20. The zero-order chi connectivity index (χ0) is 14.8. The smallest absolute Gasteiger partial charge is 0.232 e. The molecule has 0 spiro atoms. The van der Waals surface area contributed by atoms with E-state index in [2.05, 4.69) is 4.72 Å². The first-order valence-electron chi connectivity index (χ1n) is 6.84. The fourth-order valence-corrected chi connectivity index (χ4v) is 3.59. The van der Waals surface area contributed by atoms with Gasteiger partial charge in [-0.15, -0.1) is 0 Å². The Bertz CT molecular complexity index is 611. The molecule has 1 aliphatic heterocycles. The number of hydrogen-bond acceptors (Lipinski definition) is 3. The lowest BCUT2D eigenvalue weighted by molar-refractivity contribution is -0.116. The maximum absolute atomic E-state index is 11.8. The number of nitrogens with one attached hydrogen (secondary N) is 1. The standard InChI is InChI=1S/C14H20N2O3S/c1-3-9-20(18,19)15-13-7-6-12-5-4-8-16(11(2)17)14(12)10-13/h6-7,10,15H,3-5,8-9H2,1-2H3. The van der Waals surface area contributed by atoms with Gasteiger partial charge in [0.25, 0.3) is 0 Å². The molecule has 0 radical (unpaired) electrons. The summed E-state index contributed by atoms with van der Waals surface area (Å²) in [5.41, 5.74) is 2.43. The predicted octanol–water partition coefficient (Wildman–Crippen LogP) is 2.14. The fourth-order valence-electron chi connectivity index (χ4n) is 2.46. The van der Waals surface area contributed by atoms with Crippen molar-refractivity contribution < 1.29 is 13.2 Å². The fraction of sp³-hybridized carbons (Fsp3) is 0.500. The van der Waals surface area contributed by atoms with Crippen LogP contribution < -0.4 is 9.62 Å². The Balaban J connectivity index is 2.30. The molecular formula is C14H20N2O3S. The second-order valence-electron chi connectivity index (χ2n) is 5.04. The molecule has 0 atom stereocenters. The molecule has 5 nitrogen and oxygen atoms in total. The number of rotatable bonds is 4. The molecule has 0 saturated heterocycles. The highest BCUT2D eigenvalue weighted by Crippen LogP contribution is 2.30. The summed E-state index contributed by atoms with van der Waals surface area (Å²) >= 11 is 0. The van der Waals surface area contributed by atoms with Gasteiger partial charge in [0.2, 0.25) is 15.9 Å². The van der Waals surface area contributed by atoms with Crippen LogP contribution in [-0.4, -0.2) is 26.6 Å². The number of benzene rings is 1. The summed E-state index contributed by atoms with van der Waals surface area (Å²) in [6, 6.07) is 5.41. The lowest BCUT2D eigenvalue weighted by atomic mass is 10.0. The number of carbonyl (C=O) groups excluding carboxylic acids is 1. The number of nitrogens with zero attached hydrogens (tertiary/aromatic N) is 1. The molecule has 0 saturated carbocycles. The molecule has 1 heterocycles. The molecule has 0 aromatic heterocycles. The van der Waals surface area contributed by atoms with Crippen LogP contribution in [0.3, 0.4) is 0 Å². The molecule has 0 aliphatic carbocycles. The molecule has 0 fully saturated rings. The van der Waals surface area contributed by atoms with Crippen LogP contribution in [0.1, 0.15) is 32.3 Å². The van der Waals surface area contributed by atoms with Crippen LogP contribution in [0.2, 0.25) is 0 Å². The maximum Gasteiger partial charge on any atom is 0.232 e. The number of anilines is 2. The van der Waals surface area contributed by atoms with Gasteiger partial charge in [0.05, 0.1) is 11.4 Å². The molecule has 6 heteroatoms. The van der Waals surface area contributed by atoms with E-state index in [0.717, 1.165) is 24.1 Å². The van der Waals surface area contributed by atoms with Crippen LogP contribution in [0, 0.1) is 0 Å². The first-order chi connectivity index (χ1) is 9.43. The molecule has 0 unspecified atom stereocenters. The Kier molecular flexibility index (Phi) is 4.32. The lowest BCUT2D eigenvalue weighted by Gasteiger charge is -2.29. The molecule has 0 bridgehead atoms. The summed E-state index contributed by atoms with van der Waals surface area (Å²) in [6.07, 6.45) is 2.43. The number of fused-ring (bicyclic) bond motifs is 1. The van der Waals surface area contributed by atoms with Gasteiger partial charge in [0.1, 0.15) is 0 Å². The number of hydrogen-bond donors (Lipinski definition) is 1. The molecule has 2 rings (SSSR count). The summed E-state index contributed by atoms with van der Waals surface area (Å²) in [6.45, 7) is 4.04. The third-order valence-corrected chi connectivity index (χ3v) is 4.82. The number of aryl methyl sites for hydroxylation is 1. The second kappa shape index (κ2) is 5.83. The van der Waals surface area contributed by atoms with Crippen molar-refractivity contribution in [2.24, 2.45) is 0 Å². The van der Waals surface area contributed by atoms with E-state index in [4.69, 9.17) is 0 Å². The minimum atomic E-state index is -3.30. The van der Waals surface area contributed by atoms with Crippen LogP contribution in [-0.2, 0) is 21.2 Å². The molecule has 1 aromatic rings. The maximum atomic E-state index is 11.8. The van der Waals surface area contributed by atoms with Gasteiger partial charge in [-0.25, -0.2) is 8.42 Å².